The number of benzene rings is 1. The molecule has 18 heavy (non-hydrogen) atoms. The first-order chi connectivity index (χ1) is 8.47. The van der Waals surface area contributed by atoms with Crippen LogP contribution >= 0.6 is 11.3 Å². The highest BCUT2D eigenvalue weighted by Crippen LogP contribution is 2.23. The van der Waals surface area contributed by atoms with Crippen LogP contribution in [0.25, 0.3) is 0 Å². The summed E-state index contributed by atoms with van der Waals surface area (Å²) in [4.78, 5) is 4.14. The number of aliphatic hydroxyl groups is 1. The summed E-state index contributed by atoms with van der Waals surface area (Å²) in [5, 5.41) is 12.3. The van der Waals surface area contributed by atoms with Crippen molar-refractivity contribution < 1.29 is 18.3 Å². The number of nitrogens with zero attached hydrogens (tertiary/aromatic N) is 1. The van der Waals surface area contributed by atoms with Crippen LogP contribution in [0.5, 0.6) is 0 Å². The minimum atomic E-state index is -1.53. The molecule has 2 nitrogen and oxygen atoms in total. The molecule has 0 aliphatic carbocycles. The fraction of sp³-hybridized carbons (Fsp3) is 0.250. The number of halogens is 3. The highest BCUT2D eigenvalue weighted by molar-refractivity contribution is 7.09. The molecule has 0 saturated carbocycles. The monoisotopic (exact) mass is 273 g/mol. The third-order valence-electron chi connectivity index (χ3n) is 2.43. The normalized spacial score (nSPS) is 12.7. The van der Waals surface area contributed by atoms with E-state index in [2.05, 4.69) is 4.98 Å². The minimum Gasteiger partial charge on any atom is -0.388 e. The van der Waals surface area contributed by atoms with Crippen LogP contribution in [-0.4, -0.2) is 10.1 Å². The highest BCUT2D eigenvalue weighted by Gasteiger charge is 2.17. The Balaban J connectivity index is 2.21. The van der Waals surface area contributed by atoms with E-state index in [0.29, 0.717) is 5.01 Å². The number of aliphatic hydroxyl groups excluding tert-OH is 1. The maximum atomic E-state index is 13.0. The lowest BCUT2D eigenvalue weighted by molar-refractivity contribution is 0.177. The third-order valence-corrected chi connectivity index (χ3v) is 3.41. The highest BCUT2D eigenvalue weighted by atomic mass is 32.1. The molecule has 0 aliphatic heterocycles. The predicted octanol–water partition coefficient (Wildman–Crippen LogP) is 3.14. The van der Waals surface area contributed by atoms with E-state index in [1.165, 1.54) is 11.3 Å². The largest absolute Gasteiger partial charge is 0.388 e. The van der Waals surface area contributed by atoms with Crippen LogP contribution in [-0.2, 0) is 6.42 Å². The summed E-state index contributed by atoms with van der Waals surface area (Å²) in [5.74, 6) is -4.14. The van der Waals surface area contributed by atoms with Crippen LogP contribution < -0.4 is 0 Å². The Kier molecular flexibility index (Phi) is 3.68. The first-order valence-electron chi connectivity index (χ1n) is 5.21. The van der Waals surface area contributed by atoms with Crippen molar-refractivity contribution in [2.24, 2.45) is 0 Å². The molecular formula is C12H10F3NOS. The Hall–Kier alpha value is -1.40. The van der Waals surface area contributed by atoms with Crippen molar-refractivity contribution in [3.63, 3.8) is 0 Å². The number of hydrogen-bond acceptors (Lipinski definition) is 3. The molecule has 0 aliphatic rings. The number of aromatic nitrogens is 1. The van der Waals surface area contributed by atoms with Gasteiger partial charge in [0.1, 0.15) is 0 Å². The second-order valence-electron chi connectivity index (χ2n) is 3.90. The number of thiazole rings is 1. The van der Waals surface area contributed by atoms with Crippen LogP contribution in [0, 0.1) is 24.4 Å². The standard InChI is InChI=1S/C12H10F3NOS/c1-6-5-18-11(16-6)4-10(17)7-2-8(13)12(15)9(14)3-7/h2-3,5,10,17H,4H2,1H3. The lowest BCUT2D eigenvalue weighted by atomic mass is 10.1. The first-order valence-corrected chi connectivity index (χ1v) is 6.09. The third kappa shape index (κ3) is 2.70. The van der Waals surface area contributed by atoms with Gasteiger partial charge in [-0.25, -0.2) is 18.2 Å². The lowest BCUT2D eigenvalue weighted by Crippen LogP contribution is -2.04. The number of rotatable bonds is 3. The minimum absolute atomic E-state index is 0.000692. The van der Waals surface area contributed by atoms with Crippen molar-refractivity contribution in [2.75, 3.05) is 0 Å². The molecule has 6 heteroatoms. The molecule has 2 aromatic rings. The lowest BCUT2D eigenvalue weighted by Gasteiger charge is -2.10. The van der Waals surface area contributed by atoms with Crippen molar-refractivity contribution in [2.45, 2.75) is 19.4 Å². The summed E-state index contributed by atoms with van der Waals surface area (Å²) in [5.41, 5.74) is 0.818. The van der Waals surface area contributed by atoms with E-state index in [-0.39, 0.29) is 12.0 Å². The zero-order valence-corrected chi connectivity index (χ0v) is 10.3. The van der Waals surface area contributed by atoms with Crippen LogP contribution in [0.4, 0.5) is 13.2 Å². The Morgan fingerprint density at radius 1 is 1.28 bits per heavy atom. The van der Waals surface area contributed by atoms with Gasteiger partial charge in [0.2, 0.25) is 0 Å². The molecule has 1 unspecified atom stereocenters. The van der Waals surface area contributed by atoms with Gasteiger partial charge in [-0.15, -0.1) is 11.3 Å². The first kappa shape index (κ1) is 13.0. The molecule has 0 bridgehead atoms. The quantitative estimate of drug-likeness (QED) is 0.871. The fourth-order valence-corrected chi connectivity index (χ4v) is 2.36. The fourth-order valence-electron chi connectivity index (χ4n) is 1.55. The molecule has 1 atom stereocenters. The van der Waals surface area contributed by atoms with Gasteiger partial charge in [-0.2, -0.15) is 0 Å². The van der Waals surface area contributed by atoms with E-state index in [4.69, 9.17) is 0 Å². The average molecular weight is 273 g/mol. The van der Waals surface area contributed by atoms with Gasteiger partial charge in [-0.3, -0.25) is 0 Å². The SMILES string of the molecule is Cc1csc(CC(O)c2cc(F)c(F)c(F)c2)n1. The van der Waals surface area contributed by atoms with Gasteiger partial charge >= 0.3 is 0 Å². The van der Waals surface area contributed by atoms with Gasteiger partial charge in [0.25, 0.3) is 0 Å². The second kappa shape index (κ2) is 5.07. The van der Waals surface area contributed by atoms with Crippen molar-refractivity contribution in [1.82, 2.24) is 4.98 Å². The summed E-state index contributed by atoms with van der Waals surface area (Å²) < 4.78 is 38.8. The van der Waals surface area contributed by atoms with E-state index in [0.717, 1.165) is 17.8 Å². The Labute approximate surface area is 106 Å². The van der Waals surface area contributed by atoms with Gasteiger partial charge in [0.05, 0.1) is 11.1 Å². The molecule has 1 N–H and O–H groups in total. The summed E-state index contributed by atoms with van der Waals surface area (Å²) in [6.07, 6.45) is -0.969. The number of hydrogen-bond donors (Lipinski definition) is 1. The van der Waals surface area contributed by atoms with Crippen LogP contribution in [0.15, 0.2) is 17.5 Å². The van der Waals surface area contributed by atoms with Crippen molar-refractivity contribution in [1.29, 1.82) is 0 Å². The Morgan fingerprint density at radius 2 is 1.89 bits per heavy atom. The number of aryl methyl sites for hydroxylation is 1. The van der Waals surface area contributed by atoms with E-state index >= 15 is 0 Å². The average Bonchev–Trinajstić information content (AvgIpc) is 2.71. The summed E-state index contributed by atoms with van der Waals surface area (Å²) in [6, 6.07) is 1.59. The molecule has 1 aromatic carbocycles. The van der Waals surface area contributed by atoms with Crippen molar-refractivity contribution >= 4 is 11.3 Å². The van der Waals surface area contributed by atoms with Crippen molar-refractivity contribution in [3.8, 4) is 0 Å². The molecule has 0 amide bonds. The zero-order chi connectivity index (χ0) is 13.3. The van der Waals surface area contributed by atoms with Crippen molar-refractivity contribution in [3.05, 3.63) is 51.2 Å². The smallest absolute Gasteiger partial charge is 0.194 e. The predicted molar refractivity (Wildman–Crippen MR) is 61.8 cm³/mol. The van der Waals surface area contributed by atoms with Gasteiger partial charge in [-0.05, 0) is 24.6 Å². The van der Waals surface area contributed by atoms with E-state index in [9.17, 15) is 18.3 Å². The zero-order valence-electron chi connectivity index (χ0n) is 9.45. The molecule has 1 heterocycles. The Morgan fingerprint density at radius 3 is 2.39 bits per heavy atom. The molecule has 0 fully saturated rings. The summed E-state index contributed by atoms with van der Waals surface area (Å²) in [7, 11) is 0. The molecule has 0 saturated heterocycles. The van der Waals surface area contributed by atoms with Crippen LogP contribution in [0.3, 0.4) is 0 Å². The van der Waals surface area contributed by atoms with Crippen LogP contribution in [0.2, 0.25) is 0 Å². The van der Waals surface area contributed by atoms with Gasteiger partial charge in [0.15, 0.2) is 17.5 Å². The van der Waals surface area contributed by atoms with Gasteiger partial charge < -0.3 is 5.11 Å². The van der Waals surface area contributed by atoms with E-state index in [1.807, 2.05) is 12.3 Å². The van der Waals surface area contributed by atoms with Gasteiger partial charge in [0, 0.05) is 17.5 Å². The van der Waals surface area contributed by atoms with Gasteiger partial charge in [-0.1, -0.05) is 0 Å². The summed E-state index contributed by atoms with van der Waals surface area (Å²) >= 11 is 1.35. The molecular weight excluding hydrogens is 263 g/mol. The second-order valence-corrected chi connectivity index (χ2v) is 4.84. The van der Waals surface area contributed by atoms with E-state index < -0.39 is 23.6 Å². The van der Waals surface area contributed by atoms with Crippen LogP contribution in [0.1, 0.15) is 22.4 Å². The molecule has 1 aromatic heterocycles. The van der Waals surface area contributed by atoms with E-state index in [1.54, 1.807) is 0 Å². The maximum Gasteiger partial charge on any atom is 0.194 e. The molecule has 0 radical (unpaired) electrons. The topological polar surface area (TPSA) is 33.1 Å². The molecule has 2 rings (SSSR count). The molecule has 96 valence electrons. The molecule has 0 spiro atoms. The summed E-state index contributed by atoms with van der Waals surface area (Å²) in [6.45, 7) is 1.81. The Bertz CT molecular complexity index is 547. The maximum absolute atomic E-state index is 13.0.